The molecule has 1 aromatic carbocycles. The van der Waals surface area contributed by atoms with Crippen molar-refractivity contribution in [3.63, 3.8) is 0 Å². The predicted molar refractivity (Wildman–Crippen MR) is 86.2 cm³/mol. The van der Waals surface area contributed by atoms with Crippen LogP contribution in [0, 0.1) is 5.92 Å². The van der Waals surface area contributed by atoms with E-state index in [0.717, 1.165) is 19.4 Å². The van der Waals surface area contributed by atoms with Crippen LogP contribution in [0.2, 0.25) is 0 Å². The van der Waals surface area contributed by atoms with Gasteiger partial charge in [0.05, 0.1) is 11.5 Å². The lowest BCUT2D eigenvalue weighted by Crippen LogP contribution is -2.30. The molecular weight excluding hydrogens is 282 g/mol. The molecule has 1 N–H and O–H groups in total. The SMILES string of the molecule is CCCNC(c1ccccc1C1CC1)C1CCS(=O)(=O)C1. The van der Waals surface area contributed by atoms with E-state index in [2.05, 4.69) is 36.5 Å². The minimum atomic E-state index is -2.83. The highest BCUT2D eigenvalue weighted by atomic mass is 32.2. The third kappa shape index (κ3) is 3.49. The second-order valence-electron chi connectivity index (χ2n) is 6.50. The van der Waals surface area contributed by atoms with Crippen LogP contribution in [0.1, 0.15) is 55.7 Å². The number of rotatable bonds is 6. The van der Waals surface area contributed by atoms with E-state index >= 15 is 0 Å². The molecule has 0 spiro atoms. The summed E-state index contributed by atoms with van der Waals surface area (Å²) >= 11 is 0. The van der Waals surface area contributed by atoms with E-state index in [9.17, 15) is 8.42 Å². The van der Waals surface area contributed by atoms with Crippen LogP contribution in [0.3, 0.4) is 0 Å². The van der Waals surface area contributed by atoms with E-state index in [4.69, 9.17) is 0 Å². The second-order valence-corrected chi connectivity index (χ2v) is 8.73. The Kier molecular flexibility index (Phi) is 4.36. The van der Waals surface area contributed by atoms with Gasteiger partial charge in [-0.15, -0.1) is 0 Å². The first-order chi connectivity index (χ1) is 10.1. The Hall–Kier alpha value is -0.870. The number of hydrogen-bond acceptors (Lipinski definition) is 3. The fourth-order valence-electron chi connectivity index (χ4n) is 3.48. The van der Waals surface area contributed by atoms with Gasteiger partial charge in [-0.1, -0.05) is 31.2 Å². The first-order valence-corrected chi connectivity index (χ1v) is 9.95. The largest absolute Gasteiger partial charge is 0.310 e. The van der Waals surface area contributed by atoms with Crippen molar-refractivity contribution in [3.05, 3.63) is 35.4 Å². The van der Waals surface area contributed by atoms with Crippen LogP contribution in [-0.4, -0.2) is 26.5 Å². The number of hydrogen-bond donors (Lipinski definition) is 1. The van der Waals surface area contributed by atoms with Crippen LogP contribution in [-0.2, 0) is 9.84 Å². The van der Waals surface area contributed by atoms with E-state index in [1.807, 2.05) is 0 Å². The molecule has 3 rings (SSSR count). The van der Waals surface area contributed by atoms with Crippen molar-refractivity contribution < 1.29 is 8.42 Å². The summed E-state index contributed by atoms with van der Waals surface area (Å²) in [6.07, 6.45) is 4.42. The fourth-order valence-corrected chi connectivity index (χ4v) is 5.32. The molecule has 0 aromatic heterocycles. The summed E-state index contributed by atoms with van der Waals surface area (Å²) in [6, 6.07) is 8.83. The lowest BCUT2D eigenvalue weighted by molar-refractivity contribution is 0.390. The maximum Gasteiger partial charge on any atom is 0.150 e. The van der Waals surface area contributed by atoms with E-state index in [0.29, 0.717) is 17.4 Å². The molecule has 21 heavy (non-hydrogen) atoms. The molecule has 0 radical (unpaired) electrons. The Bertz CT molecular complexity index is 593. The first kappa shape index (κ1) is 15.0. The van der Waals surface area contributed by atoms with Crippen molar-refractivity contribution in [1.29, 1.82) is 0 Å². The van der Waals surface area contributed by atoms with Crippen LogP contribution in [0.5, 0.6) is 0 Å². The van der Waals surface area contributed by atoms with Crippen LogP contribution in [0.4, 0.5) is 0 Å². The molecule has 1 saturated carbocycles. The molecule has 1 heterocycles. The highest BCUT2D eigenvalue weighted by Crippen LogP contribution is 2.44. The maximum atomic E-state index is 11.9. The third-order valence-corrected chi connectivity index (χ3v) is 6.50. The molecule has 0 amide bonds. The van der Waals surface area contributed by atoms with Crippen molar-refractivity contribution in [2.45, 2.75) is 44.6 Å². The summed E-state index contributed by atoms with van der Waals surface area (Å²) in [6.45, 7) is 3.10. The zero-order chi connectivity index (χ0) is 14.9. The molecule has 1 aliphatic carbocycles. The van der Waals surface area contributed by atoms with Gasteiger partial charge in [-0.2, -0.15) is 0 Å². The van der Waals surface area contributed by atoms with Gasteiger partial charge in [-0.3, -0.25) is 0 Å². The monoisotopic (exact) mass is 307 g/mol. The molecule has 3 nitrogen and oxygen atoms in total. The third-order valence-electron chi connectivity index (χ3n) is 4.70. The van der Waals surface area contributed by atoms with Gasteiger partial charge < -0.3 is 5.32 Å². The summed E-state index contributed by atoms with van der Waals surface area (Å²) in [7, 11) is -2.83. The molecule has 2 aliphatic rings. The molecule has 2 unspecified atom stereocenters. The van der Waals surface area contributed by atoms with Crippen molar-refractivity contribution in [2.24, 2.45) is 5.92 Å². The van der Waals surface area contributed by atoms with E-state index in [-0.39, 0.29) is 12.0 Å². The van der Waals surface area contributed by atoms with Crippen LogP contribution in [0.15, 0.2) is 24.3 Å². The Morgan fingerprint density at radius 1 is 1.24 bits per heavy atom. The molecule has 4 heteroatoms. The standard InChI is InChI=1S/C17H25NO2S/c1-2-10-18-17(14-9-11-21(19,20)12-14)16-6-4-3-5-15(16)13-7-8-13/h3-6,13-14,17-18H,2,7-12H2,1H3. The molecule has 2 fully saturated rings. The van der Waals surface area contributed by atoms with Gasteiger partial charge in [0.1, 0.15) is 0 Å². The van der Waals surface area contributed by atoms with Crippen molar-refractivity contribution in [3.8, 4) is 0 Å². The fraction of sp³-hybridized carbons (Fsp3) is 0.647. The summed E-state index contributed by atoms with van der Waals surface area (Å²) in [4.78, 5) is 0. The van der Waals surface area contributed by atoms with Gasteiger partial charge in [0.2, 0.25) is 0 Å². The minimum absolute atomic E-state index is 0.194. The van der Waals surface area contributed by atoms with Gasteiger partial charge in [-0.05, 0) is 55.2 Å². The Morgan fingerprint density at radius 3 is 2.62 bits per heavy atom. The van der Waals surface area contributed by atoms with Gasteiger partial charge in [-0.25, -0.2) is 8.42 Å². The van der Waals surface area contributed by atoms with Crippen LogP contribution < -0.4 is 5.32 Å². The Labute approximate surface area is 128 Å². The number of nitrogens with one attached hydrogen (secondary N) is 1. The normalized spacial score (nSPS) is 25.9. The molecule has 0 bridgehead atoms. The summed E-state index contributed by atoms with van der Waals surface area (Å²) < 4.78 is 23.7. The lowest BCUT2D eigenvalue weighted by atomic mass is 9.88. The maximum absolute atomic E-state index is 11.9. The zero-order valence-corrected chi connectivity index (χ0v) is 13.5. The van der Waals surface area contributed by atoms with E-state index < -0.39 is 9.84 Å². The zero-order valence-electron chi connectivity index (χ0n) is 12.7. The quantitative estimate of drug-likeness (QED) is 0.878. The molecule has 1 saturated heterocycles. The predicted octanol–water partition coefficient (Wildman–Crippen LogP) is 3.04. The van der Waals surface area contributed by atoms with Crippen LogP contribution in [0.25, 0.3) is 0 Å². The Balaban J connectivity index is 1.88. The molecule has 1 aromatic rings. The summed E-state index contributed by atoms with van der Waals surface area (Å²) in [5, 5.41) is 3.62. The average Bonchev–Trinajstić information content (AvgIpc) is 3.24. The molecule has 116 valence electrons. The van der Waals surface area contributed by atoms with Gasteiger partial charge in [0.15, 0.2) is 9.84 Å². The number of benzene rings is 1. The van der Waals surface area contributed by atoms with E-state index in [1.54, 1.807) is 0 Å². The first-order valence-electron chi connectivity index (χ1n) is 8.13. The number of sulfone groups is 1. The highest BCUT2D eigenvalue weighted by Gasteiger charge is 2.36. The van der Waals surface area contributed by atoms with Gasteiger partial charge >= 0.3 is 0 Å². The Morgan fingerprint density at radius 2 is 2.00 bits per heavy atom. The van der Waals surface area contributed by atoms with E-state index in [1.165, 1.54) is 24.0 Å². The van der Waals surface area contributed by atoms with Crippen molar-refractivity contribution in [2.75, 3.05) is 18.1 Å². The second kappa shape index (κ2) is 6.09. The topological polar surface area (TPSA) is 46.2 Å². The van der Waals surface area contributed by atoms with Crippen molar-refractivity contribution >= 4 is 9.84 Å². The average molecular weight is 307 g/mol. The summed E-state index contributed by atoms with van der Waals surface area (Å²) in [5.74, 6) is 1.62. The van der Waals surface area contributed by atoms with Gasteiger partial charge in [0, 0.05) is 6.04 Å². The van der Waals surface area contributed by atoms with Crippen molar-refractivity contribution in [1.82, 2.24) is 5.32 Å². The highest BCUT2D eigenvalue weighted by molar-refractivity contribution is 7.91. The molecule has 1 aliphatic heterocycles. The smallest absolute Gasteiger partial charge is 0.150 e. The van der Waals surface area contributed by atoms with Crippen LogP contribution >= 0.6 is 0 Å². The van der Waals surface area contributed by atoms with Gasteiger partial charge in [0.25, 0.3) is 0 Å². The minimum Gasteiger partial charge on any atom is -0.310 e. The lowest BCUT2D eigenvalue weighted by Gasteiger charge is -2.27. The molecule has 2 atom stereocenters. The summed E-state index contributed by atoms with van der Waals surface area (Å²) in [5.41, 5.74) is 2.78. The molecular formula is C17H25NO2S.